The van der Waals surface area contributed by atoms with Gasteiger partial charge in [-0.15, -0.1) is 0 Å². The second kappa shape index (κ2) is 8.42. The standard InChI is InChI=1S/C21H19F6OSi/c1-11-16(22)8-15(9-17(11)23)28-21(26,27)20-18(24)6-14(7-19(20)25)13-4-2-12(10-29)3-5-13/h6-9,12-13H,2-5,10H2,1H3. The summed E-state index contributed by atoms with van der Waals surface area (Å²) in [4.78, 5) is 0. The largest absolute Gasteiger partial charge is 0.432 e. The molecule has 1 aliphatic rings. The molecule has 0 aromatic heterocycles. The zero-order chi connectivity index (χ0) is 21.3. The first-order valence-electron chi connectivity index (χ1n) is 9.29. The number of rotatable bonds is 5. The zero-order valence-corrected chi connectivity index (χ0v) is 16.7. The van der Waals surface area contributed by atoms with E-state index in [0.717, 1.165) is 37.9 Å². The van der Waals surface area contributed by atoms with Crippen LogP contribution in [0.15, 0.2) is 24.3 Å². The van der Waals surface area contributed by atoms with Gasteiger partial charge >= 0.3 is 6.11 Å². The van der Waals surface area contributed by atoms with Crippen molar-refractivity contribution >= 4 is 10.2 Å². The normalized spacial score (nSPS) is 20.0. The van der Waals surface area contributed by atoms with E-state index in [0.29, 0.717) is 36.5 Å². The Morgan fingerprint density at radius 2 is 1.41 bits per heavy atom. The van der Waals surface area contributed by atoms with Crippen molar-refractivity contribution in [2.24, 2.45) is 5.92 Å². The average Bonchev–Trinajstić information content (AvgIpc) is 2.65. The molecule has 1 saturated carbocycles. The van der Waals surface area contributed by atoms with Gasteiger partial charge in [0.25, 0.3) is 0 Å². The Bertz CT molecular complexity index is 847. The maximum atomic E-state index is 14.5. The first kappa shape index (κ1) is 21.7. The van der Waals surface area contributed by atoms with Crippen molar-refractivity contribution < 1.29 is 31.1 Å². The van der Waals surface area contributed by atoms with Gasteiger partial charge in [0.1, 0.15) is 34.6 Å². The van der Waals surface area contributed by atoms with Crippen molar-refractivity contribution in [3.63, 3.8) is 0 Å². The molecule has 1 aliphatic carbocycles. The molecule has 0 N–H and O–H groups in total. The molecule has 0 saturated heterocycles. The summed E-state index contributed by atoms with van der Waals surface area (Å²) < 4.78 is 89.3. The quantitative estimate of drug-likeness (QED) is 0.387. The van der Waals surface area contributed by atoms with Gasteiger partial charge in [0.2, 0.25) is 0 Å². The predicted octanol–water partition coefficient (Wildman–Crippen LogP) is 6.54. The van der Waals surface area contributed by atoms with Crippen LogP contribution in [0.5, 0.6) is 5.75 Å². The van der Waals surface area contributed by atoms with Gasteiger partial charge < -0.3 is 4.74 Å². The van der Waals surface area contributed by atoms with Gasteiger partial charge in [-0.25, -0.2) is 17.6 Å². The predicted molar refractivity (Wildman–Crippen MR) is 97.2 cm³/mol. The molecule has 155 valence electrons. The summed E-state index contributed by atoms with van der Waals surface area (Å²) in [7, 11) is 3.47. The number of halogens is 6. The van der Waals surface area contributed by atoms with Crippen LogP contribution in [-0.4, -0.2) is 10.2 Å². The summed E-state index contributed by atoms with van der Waals surface area (Å²) in [6.45, 7) is 1.12. The molecule has 0 bridgehead atoms. The van der Waals surface area contributed by atoms with Crippen molar-refractivity contribution in [2.75, 3.05) is 0 Å². The third-order valence-electron chi connectivity index (χ3n) is 5.46. The lowest BCUT2D eigenvalue weighted by atomic mass is 9.79. The highest BCUT2D eigenvalue weighted by atomic mass is 28.1. The molecule has 8 heteroatoms. The summed E-state index contributed by atoms with van der Waals surface area (Å²) >= 11 is 0. The molecule has 0 atom stereocenters. The molecule has 3 radical (unpaired) electrons. The topological polar surface area (TPSA) is 9.23 Å². The number of hydrogen-bond donors (Lipinski definition) is 0. The molecule has 0 heterocycles. The Morgan fingerprint density at radius 1 is 0.897 bits per heavy atom. The van der Waals surface area contributed by atoms with E-state index in [2.05, 4.69) is 15.0 Å². The van der Waals surface area contributed by atoms with Gasteiger partial charge in [-0.05, 0) is 49.3 Å². The highest BCUT2D eigenvalue weighted by Gasteiger charge is 2.42. The third kappa shape index (κ3) is 4.62. The maximum absolute atomic E-state index is 14.5. The van der Waals surface area contributed by atoms with Gasteiger partial charge in [0, 0.05) is 27.9 Å². The van der Waals surface area contributed by atoms with Gasteiger partial charge in [-0.1, -0.05) is 18.9 Å². The fraction of sp³-hybridized carbons (Fsp3) is 0.429. The lowest BCUT2D eigenvalue weighted by Gasteiger charge is -2.28. The number of hydrogen-bond acceptors (Lipinski definition) is 1. The van der Waals surface area contributed by atoms with E-state index in [1.54, 1.807) is 0 Å². The summed E-state index contributed by atoms with van der Waals surface area (Å²) in [6.07, 6.45) is -1.27. The summed E-state index contributed by atoms with van der Waals surface area (Å²) in [5.74, 6) is -5.62. The Hall–Kier alpha value is -1.96. The average molecular weight is 429 g/mol. The van der Waals surface area contributed by atoms with Crippen molar-refractivity contribution in [3.8, 4) is 5.75 Å². The molecule has 0 spiro atoms. The first-order valence-corrected chi connectivity index (χ1v) is 9.99. The minimum Gasteiger partial charge on any atom is -0.429 e. The van der Waals surface area contributed by atoms with Crippen molar-refractivity contribution in [1.29, 1.82) is 0 Å². The molecular formula is C21H19F6OSi. The molecule has 0 amide bonds. The Balaban J connectivity index is 1.86. The highest BCUT2D eigenvalue weighted by molar-refractivity contribution is 6.08. The second-order valence-corrected chi connectivity index (χ2v) is 7.82. The van der Waals surface area contributed by atoms with Crippen molar-refractivity contribution in [2.45, 2.75) is 50.7 Å². The van der Waals surface area contributed by atoms with Gasteiger partial charge in [0.05, 0.1) is 0 Å². The minimum absolute atomic E-state index is 0.114. The van der Waals surface area contributed by atoms with Crippen LogP contribution in [0.25, 0.3) is 0 Å². The molecule has 0 aliphatic heterocycles. The molecule has 29 heavy (non-hydrogen) atoms. The van der Waals surface area contributed by atoms with Crippen LogP contribution in [-0.2, 0) is 6.11 Å². The third-order valence-corrected chi connectivity index (χ3v) is 6.04. The van der Waals surface area contributed by atoms with Crippen LogP contribution < -0.4 is 4.74 Å². The lowest BCUT2D eigenvalue weighted by molar-refractivity contribution is -0.189. The van der Waals surface area contributed by atoms with E-state index >= 15 is 0 Å². The van der Waals surface area contributed by atoms with Gasteiger partial charge in [0.15, 0.2) is 0 Å². The smallest absolute Gasteiger partial charge is 0.429 e. The lowest BCUT2D eigenvalue weighted by Crippen LogP contribution is -2.26. The minimum atomic E-state index is -4.45. The van der Waals surface area contributed by atoms with Crippen LogP contribution in [0.1, 0.15) is 48.3 Å². The Morgan fingerprint density at radius 3 is 1.90 bits per heavy atom. The fourth-order valence-corrected chi connectivity index (χ4v) is 4.09. The number of alkyl halides is 2. The van der Waals surface area contributed by atoms with Crippen molar-refractivity contribution in [3.05, 3.63) is 64.2 Å². The second-order valence-electron chi connectivity index (χ2n) is 7.41. The number of benzene rings is 2. The highest BCUT2D eigenvalue weighted by Crippen LogP contribution is 2.40. The van der Waals surface area contributed by atoms with Crippen LogP contribution in [0, 0.1) is 36.1 Å². The monoisotopic (exact) mass is 429 g/mol. The number of ether oxygens (including phenoxy) is 1. The summed E-state index contributed by atoms with van der Waals surface area (Å²) in [5.41, 5.74) is -1.65. The van der Waals surface area contributed by atoms with E-state index in [-0.39, 0.29) is 11.5 Å². The molecule has 1 nitrogen and oxygen atoms in total. The SMILES string of the molecule is Cc1c(F)cc(OC(F)(F)c2c(F)cc(C3CCC(C[Si])CC3)cc2F)cc1F. The Labute approximate surface area is 168 Å². The molecule has 2 aromatic carbocycles. The van der Waals surface area contributed by atoms with E-state index < -0.39 is 40.7 Å². The van der Waals surface area contributed by atoms with E-state index in [1.807, 2.05) is 0 Å². The van der Waals surface area contributed by atoms with Crippen LogP contribution in [0.4, 0.5) is 26.3 Å². The Kier molecular flexibility index (Phi) is 6.31. The van der Waals surface area contributed by atoms with Crippen LogP contribution in [0.2, 0.25) is 6.04 Å². The van der Waals surface area contributed by atoms with E-state index in [4.69, 9.17) is 0 Å². The van der Waals surface area contributed by atoms with Gasteiger partial charge in [-0.3, -0.25) is 0 Å². The zero-order valence-electron chi connectivity index (χ0n) is 15.7. The van der Waals surface area contributed by atoms with Crippen molar-refractivity contribution in [1.82, 2.24) is 0 Å². The summed E-state index contributed by atoms with van der Waals surface area (Å²) in [6, 6.07) is 3.71. The van der Waals surface area contributed by atoms with Crippen LogP contribution >= 0.6 is 0 Å². The first-order chi connectivity index (χ1) is 13.6. The molecule has 2 aromatic rings. The fourth-order valence-electron chi connectivity index (χ4n) is 3.69. The van der Waals surface area contributed by atoms with Crippen LogP contribution in [0.3, 0.4) is 0 Å². The maximum Gasteiger partial charge on any atom is 0.432 e. The molecule has 1 fully saturated rings. The molecule has 0 unspecified atom stereocenters. The molecule has 3 rings (SSSR count). The van der Waals surface area contributed by atoms with Gasteiger partial charge in [-0.2, -0.15) is 8.78 Å². The van der Waals surface area contributed by atoms with E-state index in [9.17, 15) is 26.3 Å². The van der Waals surface area contributed by atoms with E-state index in [1.165, 1.54) is 0 Å². The molecular weight excluding hydrogens is 410 g/mol. The summed E-state index contributed by atoms with van der Waals surface area (Å²) in [5, 5.41) is 0.